The average molecular weight is 448 g/mol. The predicted molar refractivity (Wildman–Crippen MR) is 131 cm³/mol. The first-order valence-electron chi connectivity index (χ1n) is 11.3. The molecule has 5 rings (SSSR count). The van der Waals surface area contributed by atoms with Crippen LogP contribution < -0.4 is 4.72 Å². The van der Waals surface area contributed by atoms with Crippen LogP contribution in [0.3, 0.4) is 0 Å². The lowest BCUT2D eigenvalue weighted by molar-refractivity contribution is 0.179. The van der Waals surface area contributed by atoms with Crippen molar-refractivity contribution in [2.75, 3.05) is 4.72 Å². The average Bonchev–Trinajstić information content (AvgIpc) is 3.18. The van der Waals surface area contributed by atoms with Gasteiger partial charge in [-0.3, -0.25) is 4.72 Å². The summed E-state index contributed by atoms with van der Waals surface area (Å²) in [4.78, 5) is 0.253. The van der Waals surface area contributed by atoms with Gasteiger partial charge < -0.3 is 4.42 Å². The van der Waals surface area contributed by atoms with E-state index in [1.165, 1.54) is 5.56 Å². The third-order valence-corrected chi connectivity index (χ3v) is 8.75. The van der Waals surface area contributed by atoms with E-state index in [4.69, 9.17) is 4.42 Å². The highest BCUT2D eigenvalue weighted by atomic mass is 32.2. The number of sulfonamides is 1. The minimum atomic E-state index is -3.70. The van der Waals surface area contributed by atoms with E-state index in [1.54, 1.807) is 24.3 Å². The molecule has 32 heavy (non-hydrogen) atoms. The SMILES string of the molecule is CCC(C)(C)C1CCc2oc3c(cc(NS(=O)(=O)c4ccccc4)c4ccccc43)c2C1. The lowest BCUT2D eigenvalue weighted by Crippen LogP contribution is -2.28. The summed E-state index contributed by atoms with van der Waals surface area (Å²) in [5.41, 5.74) is 2.96. The van der Waals surface area contributed by atoms with Gasteiger partial charge in [0, 0.05) is 28.1 Å². The molecule has 0 radical (unpaired) electrons. The van der Waals surface area contributed by atoms with Crippen LogP contribution in [0.1, 0.15) is 44.9 Å². The summed E-state index contributed by atoms with van der Waals surface area (Å²) < 4.78 is 35.4. The molecule has 0 aliphatic heterocycles. The molecule has 1 heterocycles. The molecule has 0 amide bonds. The van der Waals surface area contributed by atoms with Gasteiger partial charge >= 0.3 is 0 Å². The maximum absolute atomic E-state index is 13.1. The highest BCUT2D eigenvalue weighted by Crippen LogP contribution is 2.45. The molecule has 5 heteroatoms. The molecular formula is C27H29NO3S. The van der Waals surface area contributed by atoms with Crippen molar-refractivity contribution in [3.05, 3.63) is 72.0 Å². The zero-order valence-electron chi connectivity index (χ0n) is 18.8. The molecule has 0 fully saturated rings. The Balaban J connectivity index is 1.67. The molecule has 0 bridgehead atoms. The van der Waals surface area contributed by atoms with E-state index >= 15 is 0 Å². The third-order valence-electron chi connectivity index (χ3n) is 7.37. The molecular weight excluding hydrogens is 418 g/mol. The lowest BCUT2D eigenvalue weighted by atomic mass is 9.69. The summed E-state index contributed by atoms with van der Waals surface area (Å²) in [6.07, 6.45) is 4.15. The fourth-order valence-electron chi connectivity index (χ4n) is 4.94. The summed E-state index contributed by atoms with van der Waals surface area (Å²) in [6, 6.07) is 18.3. The number of hydrogen-bond donors (Lipinski definition) is 1. The largest absolute Gasteiger partial charge is 0.460 e. The van der Waals surface area contributed by atoms with Crippen LogP contribution in [0, 0.1) is 11.3 Å². The smallest absolute Gasteiger partial charge is 0.261 e. The molecule has 4 nitrogen and oxygen atoms in total. The number of rotatable bonds is 5. The van der Waals surface area contributed by atoms with Crippen LogP contribution in [0.15, 0.2) is 70.0 Å². The fraction of sp³-hybridized carbons (Fsp3) is 0.333. The fourth-order valence-corrected chi connectivity index (χ4v) is 6.03. The van der Waals surface area contributed by atoms with Gasteiger partial charge in [0.2, 0.25) is 0 Å². The minimum absolute atomic E-state index is 0.253. The maximum atomic E-state index is 13.1. The van der Waals surface area contributed by atoms with Crippen LogP contribution in [-0.2, 0) is 22.9 Å². The minimum Gasteiger partial charge on any atom is -0.460 e. The Kier molecular flexibility index (Phi) is 5.05. The molecule has 1 aliphatic carbocycles. The molecule has 0 spiro atoms. The molecule has 4 aromatic rings. The van der Waals surface area contributed by atoms with E-state index in [1.807, 2.05) is 36.4 Å². The van der Waals surface area contributed by atoms with E-state index in [0.717, 1.165) is 53.2 Å². The van der Waals surface area contributed by atoms with Gasteiger partial charge in [0.05, 0.1) is 10.6 Å². The molecule has 166 valence electrons. The second-order valence-corrected chi connectivity index (χ2v) is 11.2. The monoisotopic (exact) mass is 447 g/mol. The van der Waals surface area contributed by atoms with Crippen molar-refractivity contribution in [1.29, 1.82) is 0 Å². The molecule has 1 aliphatic rings. The summed E-state index contributed by atoms with van der Waals surface area (Å²) in [5, 5.41) is 2.81. The second-order valence-electron chi connectivity index (χ2n) is 9.55. The number of aryl methyl sites for hydroxylation is 1. The highest BCUT2D eigenvalue weighted by Gasteiger charge is 2.34. The molecule has 1 aromatic heterocycles. The Hall–Kier alpha value is -2.79. The van der Waals surface area contributed by atoms with Crippen LogP contribution in [-0.4, -0.2) is 8.42 Å². The summed E-state index contributed by atoms with van der Waals surface area (Å²) in [6.45, 7) is 6.95. The van der Waals surface area contributed by atoms with Crippen molar-refractivity contribution in [3.63, 3.8) is 0 Å². The standard InChI is InChI=1S/C27H29NO3S/c1-4-27(2,3)18-14-15-25-22(16-18)23-17-24(20-12-8-9-13-21(20)26(23)31-25)28-32(29,30)19-10-6-5-7-11-19/h5-13,17-18,28H,4,14-16H2,1-3H3. The Bertz CT molecular complexity index is 1400. The Morgan fingerprint density at radius 2 is 1.69 bits per heavy atom. The molecule has 0 saturated carbocycles. The summed E-state index contributed by atoms with van der Waals surface area (Å²) in [7, 11) is -3.70. The van der Waals surface area contributed by atoms with Gasteiger partial charge in [-0.05, 0) is 42.4 Å². The predicted octanol–water partition coefficient (Wildman–Crippen LogP) is 6.93. The second kappa shape index (κ2) is 7.66. The third kappa shape index (κ3) is 3.49. The first-order valence-corrected chi connectivity index (χ1v) is 12.8. The zero-order valence-corrected chi connectivity index (χ0v) is 19.6. The first kappa shape index (κ1) is 21.1. The molecule has 1 N–H and O–H groups in total. The van der Waals surface area contributed by atoms with Gasteiger partial charge in [-0.1, -0.05) is 69.7 Å². The lowest BCUT2D eigenvalue weighted by Gasteiger charge is -2.36. The zero-order chi connectivity index (χ0) is 22.5. The number of fused-ring (bicyclic) bond motifs is 5. The van der Waals surface area contributed by atoms with Crippen LogP contribution >= 0.6 is 0 Å². The van der Waals surface area contributed by atoms with Gasteiger partial charge in [-0.15, -0.1) is 0 Å². The van der Waals surface area contributed by atoms with Gasteiger partial charge in [0.25, 0.3) is 10.0 Å². The van der Waals surface area contributed by atoms with E-state index in [0.29, 0.717) is 11.6 Å². The highest BCUT2D eigenvalue weighted by molar-refractivity contribution is 7.92. The van der Waals surface area contributed by atoms with Gasteiger partial charge in [0.15, 0.2) is 0 Å². The van der Waals surface area contributed by atoms with E-state index in [-0.39, 0.29) is 10.3 Å². The van der Waals surface area contributed by atoms with Gasteiger partial charge in [-0.2, -0.15) is 0 Å². The number of furan rings is 1. The van der Waals surface area contributed by atoms with Crippen molar-refractivity contribution < 1.29 is 12.8 Å². The molecule has 1 unspecified atom stereocenters. The quantitative estimate of drug-likeness (QED) is 0.361. The van der Waals surface area contributed by atoms with Crippen molar-refractivity contribution in [1.82, 2.24) is 0 Å². The van der Waals surface area contributed by atoms with E-state index in [2.05, 4.69) is 25.5 Å². The van der Waals surface area contributed by atoms with Crippen molar-refractivity contribution >= 4 is 37.5 Å². The number of nitrogens with one attached hydrogen (secondary N) is 1. The molecule has 1 atom stereocenters. The summed E-state index contributed by atoms with van der Waals surface area (Å²) >= 11 is 0. The first-order chi connectivity index (χ1) is 15.3. The van der Waals surface area contributed by atoms with Crippen molar-refractivity contribution in [2.45, 2.75) is 51.3 Å². The Labute approximate surface area is 189 Å². The van der Waals surface area contributed by atoms with Crippen LogP contribution in [0.2, 0.25) is 0 Å². The van der Waals surface area contributed by atoms with Crippen LogP contribution in [0.4, 0.5) is 5.69 Å². The number of hydrogen-bond acceptors (Lipinski definition) is 3. The van der Waals surface area contributed by atoms with E-state index in [9.17, 15) is 8.42 Å². The maximum Gasteiger partial charge on any atom is 0.261 e. The topological polar surface area (TPSA) is 59.3 Å². The Morgan fingerprint density at radius 1 is 1.00 bits per heavy atom. The van der Waals surface area contributed by atoms with Crippen LogP contribution in [0.25, 0.3) is 21.7 Å². The van der Waals surface area contributed by atoms with Crippen molar-refractivity contribution in [3.8, 4) is 0 Å². The van der Waals surface area contributed by atoms with Crippen molar-refractivity contribution in [2.24, 2.45) is 11.3 Å². The Morgan fingerprint density at radius 3 is 2.41 bits per heavy atom. The van der Waals surface area contributed by atoms with Gasteiger partial charge in [0.1, 0.15) is 11.3 Å². The van der Waals surface area contributed by atoms with Gasteiger partial charge in [-0.25, -0.2) is 8.42 Å². The summed E-state index contributed by atoms with van der Waals surface area (Å²) in [5.74, 6) is 1.63. The number of anilines is 1. The van der Waals surface area contributed by atoms with E-state index < -0.39 is 10.0 Å². The molecule has 3 aromatic carbocycles. The number of benzene rings is 3. The van der Waals surface area contributed by atoms with Crippen LogP contribution in [0.5, 0.6) is 0 Å². The normalized spacial score (nSPS) is 16.9. The molecule has 0 saturated heterocycles.